The lowest BCUT2D eigenvalue weighted by Gasteiger charge is -2.45. The van der Waals surface area contributed by atoms with Crippen LogP contribution in [0.3, 0.4) is 0 Å². The second kappa shape index (κ2) is 10.1. The number of nitrogens with zero attached hydrogens (tertiary/aromatic N) is 1. The fourth-order valence-corrected chi connectivity index (χ4v) is 4.73. The summed E-state index contributed by atoms with van der Waals surface area (Å²) < 4.78 is 5.32. The van der Waals surface area contributed by atoms with E-state index in [0.717, 1.165) is 11.8 Å². The Morgan fingerprint density at radius 3 is 2.47 bits per heavy atom. The zero-order chi connectivity index (χ0) is 23.3. The highest BCUT2D eigenvalue weighted by Gasteiger charge is 2.54. The van der Waals surface area contributed by atoms with E-state index in [0.29, 0.717) is 16.1 Å². The van der Waals surface area contributed by atoms with Gasteiger partial charge < -0.3 is 20.9 Å². The minimum absolute atomic E-state index is 0.0996. The van der Waals surface area contributed by atoms with Crippen LogP contribution in [0.5, 0.6) is 0 Å². The van der Waals surface area contributed by atoms with Gasteiger partial charge in [-0.25, -0.2) is 0 Å². The number of nitrogens with two attached hydrogens (primary N) is 1. The fraction of sp³-hybridized carbons (Fsp3) is 0.261. The van der Waals surface area contributed by atoms with Gasteiger partial charge in [0.15, 0.2) is 5.72 Å². The average molecular weight is 472 g/mol. The van der Waals surface area contributed by atoms with Crippen molar-refractivity contribution in [2.75, 3.05) is 12.4 Å². The summed E-state index contributed by atoms with van der Waals surface area (Å²) in [6.07, 6.45) is 0. The number of primary amides is 1. The van der Waals surface area contributed by atoms with Gasteiger partial charge in [-0.15, -0.1) is 0 Å². The third-order valence-electron chi connectivity index (χ3n) is 5.11. The van der Waals surface area contributed by atoms with Gasteiger partial charge in [0.2, 0.25) is 5.91 Å². The van der Waals surface area contributed by atoms with E-state index in [1.807, 2.05) is 0 Å². The molecule has 3 atom stereocenters. The molecule has 1 amide bonds. The molecule has 166 valence electrons. The molecule has 0 aliphatic carbocycles. The Kier molecular flexibility index (Phi) is 7.46. The molecule has 0 aromatic heterocycles. The van der Waals surface area contributed by atoms with Crippen molar-refractivity contribution in [2.24, 2.45) is 11.7 Å². The zero-order valence-electron chi connectivity index (χ0n) is 17.2. The Hall–Kier alpha value is -2.99. The van der Waals surface area contributed by atoms with E-state index >= 15 is 0 Å². The summed E-state index contributed by atoms with van der Waals surface area (Å²) in [5.74, 6) is -3.43. The Balaban J connectivity index is 2.28. The number of benzene rings is 2. The van der Waals surface area contributed by atoms with Gasteiger partial charge in [0.05, 0.1) is 29.0 Å². The van der Waals surface area contributed by atoms with Gasteiger partial charge >= 0.3 is 5.97 Å². The van der Waals surface area contributed by atoms with Crippen LogP contribution in [-0.4, -0.2) is 29.3 Å². The fourth-order valence-electron chi connectivity index (χ4n) is 3.76. The number of hydrogen-bond donors (Lipinski definition) is 3. The van der Waals surface area contributed by atoms with Crippen molar-refractivity contribution in [3.8, 4) is 6.07 Å². The van der Waals surface area contributed by atoms with Gasteiger partial charge in [0.25, 0.3) is 0 Å². The van der Waals surface area contributed by atoms with Crippen LogP contribution < -0.4 is 11.1 Å². The summed E-state index contributed by atoms with van der Waals surface area (Å²) in [6, 6.07) is 17.4. The SMILES string of the molecule is CCOC(=O)C1C(c2ccc(Cl)cc2)C(C#N)=C(SCC(N)=O)NC1(O)c1ccccc1. The van der Waals surface area contributed by atoms with Crippen molar-refractivity contribution < 1.29 is 19.4 Å². The van der Waals surface area contributed by atoms with Crippen LogP contribution in [0, 0.1) is 17.2 Å². The Labute approximate surface area is 195 Å². The van der Waals surface area contributed by atoms with Crippen LogP contribution in [0.4, 0.5) is 0 Å². The maximum absolute atomic E-state index is 13.2. The molecular formula is C23H22ClN3O4S. The molecule has 3 unspecified atom stereocenters. The Morgan fingerprint density at radius 1 is 1.25 bits per heavy atom. The normalized spacial score (nSPS) is 22.6. The maximum atomic E-state index is 13.2. The molecule has 9 heteroatoms. The van der Waals surface area contributed by atoms with E-state index in [9.17, 15) is 20.0 Å². The monoisotopic (exact) mass is 471 g/mol. The standard InChI is InChI=1S/C23H22ClN3O4S/c1-2-31-22(29)20-19(14-8-10-16(24)11-9-14)17(12-25)21(32-13-18(26)28)27-23(20,30)15-6-4-3-5-7-15/h3-11,19-20,27,30H,2,13H2,1H3,(H2,26,28). The molecule has 32 heavy (non-hydrogen) atoms. The first-order chi connectivity index (χ1) is 15.3. The number of nitriles is 1. The van der Waals surface area contributed by atoms with E-state index in [1.54, 1.807) is 61.5 Å². The summed E-state index contributed by atoms with van der Waals surface area (Å²) in [4.78, 5) is 24.6. The molecule has 3 rings (SSSR count). The summed E-state index contributed by atoms with van der Waals surface area (Å²) in [5.41, 5.74) is 4.58. The number of amides is 1. The third-order valence-corrected chi connectivity index (χ3v) is 6.40. The zero-order valence-corrected chi connectivity index (χ0v) is 18.8. The Bertz CT molecular complexity index is 1070. The molecule has 0 radical (unpaired) electrons. The number of esters is 1. The predicted octanol–water partition coefficient (Wildman–Crippen LogP) is 3.01. The average Bonchev–Trinajstić information content (AvgIpc) is 2.78. The first-order valence-corrected chi connectivity index (χ1v) is 11.2. The topological polar surface area (TPSA) is 125 Å². The minimum Gasteiger partial charge on any atom is -0.466 e. The van der Waals surface area contributed by atoms with Crippen LogP contribution in [0.15, 0.2) is 65.2 Å². The number of carbonyl (C=O) groups excluding carboxylic acids is 2. The lowest BCUT2D eigenvalue weighted by molar-refractivity contribution is -0.164. The highest BCUT2D eigenvalue weighted by Crippen LogP contribution is 2.49. The number of aliphatic hydroxyl groups is 1. The molecule has 0 spiro atoms. The minimum atomic E-state index is -1.92. The molecule has 2 aromatic carbocycles. The van der Waals surface area contributed by atoms with Gasteiger partial charge in [-0.05, 0) is 24.6 Å². The lowest BCUT2D eigenvalue weighted by atomic mass is 9.71. The number of nitrogens with one attached hydrogen (secondary N) is 1. The second-order valence-corrected chi connectivity index (χ2v) is 8.55. The molecule has 0 bridgehead atoms. The number of halogens is 1. The van der Waals surface area contributed by atoms with Gasteiger partial charge in [-0.3, -0.25) is 9.59 Å². The van der Waals surface area contributed by atoms with Crippen molar-refractivity contribution in [3.05, 3.63) is 81.3 Å². The number of rotatable bonds is 7. The number of ether oxygens (including phenoxy) is 1. The number of thioether (sulfide) groups is 1. The summed E-state index contributed by atoms with van der Waals surface area (Å²) in [5, 5.41) is 25.7. The van der Waals surface area contributed by atoms with Crippen molar-refractivity contribution >= 4 is 35.2 Å². The van der Waals surface area contributed by atoms with Gasteiger partial charge in [0, 0.05) is 16.5 Å². The largest absolute Gasteiger partial charge is 0.466 e. The quantitative estimate of drug-likeness (QED) is 0.530. The number of carbonyl (C=O) groups is 2. The van der Waals surface area contributed by atoms with Crippen molar-refractivity contribution in [2.45, 2.75) is 18.6 Å². The van der Waals surface area contributed by atoms with Gasteiger partial charge in [-0.1, -0.05) is 65.8 Å². The molecular weight excluding hydrogens is 450 g/mol. The van der Waals surface area contributed by atoms with E-state index in [4.69, 9.17) is 22.1 Å². The van der Waals surface area contributed by atoms with E-state index < -0.39 is 29.4 Å². The molecule has 4 N–H and O–H groups in total. The highest BCUT2D eigenvalue weighted by molar-refractivity contribution is 8.03. The van der Waals surface area contributed by atoms with Gasteiger partial charge in [-0.2, -0.15) is 5.26 Å². The van der Waals surface area contributed by atoms with Crippen molar-refractivity contribution in [3.63, 3.8) is 0 Å². The van der Waals surface area contributed by atoms with Crippen LogP contribution in [0.2, 0.25) is 5.02 Å². The van der Waals surface area contributed by atoms with Crippen LogP contribution in [0.1, 0.15) is 24.0 Å². The van der Waals surface area contributed by atoms with Crippen molar-refractivity contribution in [1.29, 1.82) is 5.26 Å². The molecule has 1 heterocycles. The van der Waals surface area contributed by atoms with Crippen molar-refractivity contribution in [1.82, 2.24) is 5.32 Å². The molecule has 0 saturated heterocycles. The Morgan fingerprint density at radius 2 is 1.91 bits per heavy atom. The summed E-state index contributed by atoms with van der Waals surface area (Å²) in [6.45, 7) is 1.77. The van der Waals surface area contributed by atoms with E-state index in [1.165, 1.54) is 0 Å². The molecule has 1 aliphatic heterocycles. The summed E-state index contributed by atoms with van der Waals surface area (Å²) >= 11 is 7.05. The highest BCUT2D eigenvalue weighted by atomic mass is 35.5. The van der Waals surface area contributed by atoms with Crippen LogP contribution in [0.25, 0.3) is 0 Å². The molecule has 1 aliphatic rings. The second-order valence-electron chi connectivity index (χ2n) is 7.13. The molecule has 0 saturated carbocycles. The van der Waals surface area contributed by atoms with E-state index in [2.05, 4.69) is 11.4 Å². The first-order valence-electron chi connectivity index (χ1n) is 9.85. The van der Waals surface area contributed by atoms with Crippen LogP contribution >= 0.6 is 23.4 Å². The number of allylic oxidation sites excluding steroid dienone is 1. The smallest absolute Gasteiger partial charge is 0.315 e. The lowest BCUT2D eigenvalue weighted by Crippen LogP contribution is -2.56. The van der Waals surface area contributed by atoms with Crippen LogP contribution in [-0.2, 0) is 20.1 Å². The van der Waals surface area contributed by atoms with Gasteiger partial charge in [0.1, 0.15) is 5.92 Å². The molecule has 0 fully saturated rings. The molecule has 7 nitrogen and oxygen atoms in total. The third kappa shape index (κ3) is 4.75. The molecule has 2 aromatic rings. The number of hydrogen-bond acceptors (Lipinski definition) is 7. The summed E-state index contributed by atoms with van der Waals surface area (Å²) in [7, 11) is 0. The predicted molar refractivity (Wildman–Crippen MR) is 122 cm³/mol. The first kappa shape index (κ1) is 23.7. The maximum Gasteiger partial charge on any atom is 0.315 e. The van der Waals surface area contributed by atoms with E-state index in [-0.39, 0.29) is 23.0 Å².